The van der Waals surface area contributed by atoms with E-state index >= 15 is 0 Å². The van der Waals surface area contributed by atoms with Crippen molar-refractivity contribution in [2.45, 2.75) is 39.0 Å². The van der Waals surface area contributed by atoms with Crippen molar-refractivity contribution >= 4 is 17.5 Å². The number of imide groups is 1. The van der Waals surface area contributed by atoms with Gasteiger partial charge in [-0.1, -0.05) is 38.3 Å². The van der Waals surface area contributed by atoms with Crippen LogP contribution < -0.4 is 9.64 Å². The van der Waals surface area contributed by atoms with Crippen molar-refractivity contribution in [1.29, 1.82) is 0 Å². The van der Waals surface area contributed by atoms with Crippen LogP contribution in [0.2, 0.25) is 0 Å². The van der Waals surface area contributed by atoms with Crippen LogP contribution in [0.4, 0.5) is 5.69 Å². The third-order valence-electron chi connectivity index (χ3n) is 5.83. The number of nitrogens with zero attached hydrogens (tertiary/aromatic N) is 1. The van der Waals surface area contributed by atoms with Crippen LogP contribution in [0.25, 0.3) is 0 Å². The first-order chi connectivity index (χ1) is 12.2. The summed E-state index contributed by atoms with van der Waals surface area (Å²) < 4.78 is 5.74. The van der Waals surface area contributed by atoms with Crippen molar-refractivity contribution in [1.82, 2.24) is 0 Å². The van der Waals surface area contributed by atoms with Gasteiger partial charge in [-0.15, -0.1) is 0 Å². The van der Waals surface area contributed by atoms with Gasteiger partial charge in [0.1, 0.15) is 5.75 Å². The molecule has 2 fully saturated rings. The fraction of sp³-hybridized carbons (Fsp3) is 0.524. The molecule has 1 aromatic carbocycles. The zero-order valence-corrected chi connectivity index (χ0v) is 14.7. The van der Waals surface area contributed by atoms with E-state index in [9.17, 15) is 9.59 Å². The van der Waals surface area contributed by atoms with Gasteiger partial charge in [-0.2, -0.15) is 0 Å². The van der Waals surface area contributed by atoms with Crippen LogP contribution >= 0.6 is 0 Å². The number of rotatable bonds is 7. The number of allylic oxidation sites excluding steroid dienone is 2. The molecule has 0 unspecified atom stereocenters. The highest BCUT2D eigenvalue weighted by Crippen LogP contribution is 2.53. The molecule has 1 saturated carbocycles. The standard InChI is InChI=1S/C21H25NO3/c1-2-3-4-5-12-25-17-10-8-16(9-11-17)22-20(23)18-14-6-7-15(13-14)19(18)21(22)24/h6-11,14-15,18-19H,2-5,12-13H2,1H3/t14-,15+,18-,19-/m0/s1. The number of amides is 2. The molecule has 4 atom stereocenters. The van der Waals surface area contributed by atoms with E-state index in [1.165, 1.54) is 24.2 Å². The predicted molar refractivity (Wildman–Crippen MR) is 96.3 cm³/mol. The lowest BCUT2D eigenvalue weighted by molar-refractivity contribution is -0.123. The number of carbonyl (C=O) groups is 2. The summed E-state index contributed by atoms with van der Waals surface area (Å²) in [6.45, 7) is 2.90. The maximum atomic E-state index is 12.8. The molecule has 25 heavy (non-hydrogen) atoms. The van der Waals surface area contributed by atoms with Gasteiger partial charge >= 0.3 is 0 Å². The molecule has 3 aliphatic rings. The minimum absolute atomic E-state index is 0.0277. The van der Waals surface area contributed by atoms with Gasteiger partial charge < -0.3 is 4.74 Å². The summed E-state index contributed by atoms with van der Waals surface area (Å²) in [6.07, 6.45) is 9.90. The Morgan fingerprint density at radius 1 is 0.960 bits per heavy atom. The summed E-state index contributed by atoms with van der Waals surface area (Å²) in [4.78, 5) is 27.0. The van der Waals surface area contributed by atoms with Gasteiger partial charge in [0.05, 0.1) is 24.1 Å². The molecule has 1 aliphatic heterocycles. The Morgan fingerprint density at radius 2 is 1.60 bits per heavy atom. The van der Waals surface area contributed by atoms with Crippen LogP contribution in [0, 0.1) is 23.7 Å². The molecule has 0 radical (unpaired) electrons. The van der Waals surface area contributed by atoms with E-state index in [-0.39, 0.29) is 35.5 Å². The minimum atomic E-state index is -0.142. The summed E-state index contributed by atoms with van der Waals surface area (Å²) in [7, 11) is 0. The van der Waals surface area contributed by atoms with Crippen molar-refractivity contribution in [3.05, 3.63) is 36.4 Å². The smallest absolute Gasteiger partial charge is 0.238 e. The molecular weight excluding hydrogens is 314 g/mol. The molecule has 4 heteroatoms. The highest BCUT2D eigenvalue weighted by atomic mass is 16.5. The van der Waals surface area contributed by atoms with Crippen molar-refractivity contribution in [2.24, 2.45) is 23.7 Å². The normalized spacial score (nSPS) is 29.6. The van der Waals surface area contributed by atoms with E-state index in [0.29, 0.717) is 12.3 Å². The zero-order valence-electron chi connectivity index (χ0n) is 14.7. The molecule has 4 nitrogen and oxygen atoms in total. The average Bonchev–Trinajstić information content (AvgIpc) is 3.30. The lowest BCUT2D eigenvalue weighted by Crippen LogP contribution is -2.32. The summed E-state index contributed by atoms with van der Waals surface area (Å²) in [5.74, 6) is 0.958. The molecule has 0 N–H and O–H groups in total. The maximum absolute atomic E-state index is 12.8. The van der Waals surface area contributed by atoms with Crippen molar-refractivity contribution in [3.63, 3.8) is 0 Å². The van der Waals surface area contributed by atoms with Gasteiger partial charge in [-0.25, -0.2) is 0 Å². The zero-order chi connectivity index (χ0) is 17.4. The Labute approximate surface area is 148 Å². The van der Waals surface area contributed by atoms with E-state index in [2.05, 4.69) is 19.1 Å². The first-order valence-corrected chi connectivity index (χ1v) is 9.49. The number of unbranched alkanes of at least 4 members (excludes halogenated alkanes) is 3. The highest BCUT2D eigenvalue weighted by Gasteiger charge is 2.59. The van der Waals surface area contributed by atoms with E-state index in [1.807, 2.05) is 24.3 Å². The molecular formula is C21H25NO3. The molecule has 1 heterocycles. The second kappa shape index (κ2) is 6.66. The molecule has 2 bridgehead atoms. The van der Waals surface area contributed by atoms with Crippen LogP contribution in [-0.2, 0) is 9.59 Å². The Morgan fingerprint density at radius 3 is 2.20 bits per heavy atom. The van der Waals surface area contributed by atoms with Crippen molar-refractivity contribution in [2.75, 3.05) is 11.5 Å². The van der Waals surface area contributed by atoms with Gasteiger partial charge in [-0.05, 0) is 48.9 Å². The highest BCUT2D eigenvalue weighted by molar-refractivity contribution is 6.22. The molecule has 1 aromatic rings. The topological polar surface area (TPSA) is 46.6 Å². The van der Waals surface area contributed by atoms with Crippen LogP contribution in [0.1, 0.15) is 39.0 Å². The summed E-state index contributed by atoms with van der Waals surface area (Å²) in [5.41, 5.74) is 0.669. The van der Waals surface area contributed by atoms with Gasteiger partial charge in [0.2, 0.25) is 11.8 Å². The maximum Gasteiger partial charge on any atom is 0.238 e. The molecule has 132 valence electrons. The van der Waals surface area contributed by atoms with E-state index in [1.54, 1.807) is 0 Å². The summed E-state index contributed by atoms with van der Waals surface area (Å²) >= 11 is 0. The van der Waals surface area contributed by atoms with E-state index < -0.39 is 0 Å². The van der Waals surface area contributed by atoms with Gasteiger partial charge in [0.25, 0.3) is 0 Å². The molecule has 4 rings (SSSR count). The molecule has 2 aliphatic carbocycles. The van der Waals surface area contributed by atoms with Gasteiger partial charge in [0, 0.05) is 0 Å². The Kier molecular flexibility index (Phi) is 4.36. The second-order valence-electron chi connectivity index (χ2n) is 7.41. The number of hydrogen-bond acceptors (Lipinski definition) is 3. The molecule has 0 spiro atoms. The van der Waals surface area contributed by atoms with E-state index in [0.717, 1.165) is 18.6 Å². The predicted octanol–water partition coefficient (Wildman–Crippen LogP) is 3.96. The lowest BCUT2D eigenvalue weighted by Gasteiger charge is -2.17. The largest absolute Gasteiger partial charge is 0.494 e. The molecule has 1 saturated heterocycles. The quantitative estimate of drug-likeness (QED) is 0.429. The summed E-state index contributed by atoms with van der Waals surface area (Å²) in [6, 6.07) is 7.37. The lowest BCUT2D eigenvalue weighted by atomic mass is 9.85. The monoisotopic (exact) mass is 339 g/mol. The fourth-order valence-electron chi connectivity index (χ4n) is 4.57. The SMILES string of the molecule is CCCCCCOc1ccc(N2C(=O)[C@@H]3[C@@H](C2=O)[C@H]2C=C[C@@H]3C2)cc1. The number of carbonyl (C=O) groups excluding carboxylic acids is 2. The number of hydrogen-bond donors (Lipinski definition) is 0. The Bertz CT molecular complexity index is 664. The third-order valence-corrected chi connectivity index (χ3v) is 5.83. The van der Waals surface area contributed by atoms with Crippen LogP contribution in [-0.4, -0.2) is 18.4 Å². The number of benzene rings is 1. The first-order valence-electron chi connectivity index (χ1n) is 9.49. The molecule has 0 aromatic heterocycles. The third kappa shape index (κ3) is 2.78. The Hall–Kier alpha value is -2.10. The van der Waals surface area contributed by atoms with Gasteiger partial charge in [0.15, 0.2) is 0 Å². The number of fused-ring (bicyclic) bond motifs is 5. The van der Waals surface area contributed by atoms with E-state index in [4.69, 9.17) is 4.74 Å². The van der Waals surface area contributed by atoms with Crippen molar-refractivity contribution in [3.8, 4) is 5.75 Å². The van der Waals surface area contributed by atoms with Gasteiger partial charge in [-0.3, -0.25) is 14.5 Å². The second-order valence-corrected chi connectivity index (χ2v) is 7.41. The molecule has 2 amide bonds. The number of anilines is 1. The van der Waals surface area contributed by atoms with Crippen LogP contribution in [0.5, 0.6) is 5.75 Å². The first kappa shape index (κ1) is 16.4. The average molecular weight is 339 g/mol. The van der Waals surface area contributed by atoms with Crippen LogP contribution in [0.15, 0.2) is 36.4 Å². The fourth-order valence-corrected chi connectivity index (χ4v) is 4.57. The minimum Gasteiger partial charge on any atom is -0.494 e. The summed E-state index contributed by atoms with van der Waals surface area (Å²) in [5, 5.41) is 0. The number of ether oxygens (including phenoxy) is 1. The Balaban J connectivity index is 1.41. The van der Waals surface area contributed by atoms with Crippen LogP contribution in [0.3, 0.4) is 0 Å². The van der Waals surface area contributed by atoms with Crippen molar-refractivity contribution < 1.29 is 14.3 Å².